The molecule has 0 bridgehead atoms. The van der Waals surface area contributed by atoms with E-state index in [2.05, 4.69) is 15.3 Å². The molecule has 138 valence electrons. The summed E-state index contributed by atoms with van der Waals surface area (Å²) in [6.45, 7) is 0. The second-order valence-corrected chi connectivity index (χ2v) is 8.06. The predicted octanol–water partition coefficient (Wildman–Crippen LogP) is 2.97. The average Bonchev–Trinajstić information content (AvgIpc) is 3.15. The fourth-order valence-corrected chi connectivity index (χ4v) is 4.64. The van der Waals surface area contributed by atoms with Crippen molar-refractivity contribution in [1.82, 2.24) is 15.3 Å². The van der Waals surface area contributed by atoms with Gasteiger partial charge in [0.05, 0.1) is 25.3 Å². The van der Waals surface area contributed by atoms with Gasteiger partial charge in [0.2, 0.25) is 17.7 Å². The molecular formula is C18H27N3O3S. The summed E-state index contributed by atoms with van der Waals surface area (Å²) in [5.74, 6) is 1.73. The molecule has 3 rings (SSSR count). The standard InChI is InChI=1S/C18H27N3O3S/c1-23-17-10-19-11-18(21-17)24-14-8-6-13(7-9-14)20-16(22)12-25-15-4-2-3-5-15/h10-11,13-15H,2-9,12H2,1H3,(H,20,22). The topological polar surface area (TPSA) is 73.3 Å². The lowest BCUT2D eigenvalue weighted by Gasteiger charge is -2.29. The van der Waals surface area contributed by atoms with Crippen LogP contribution in [0.1, 0.15) is 51.4 Å². The Kier molecular flexibility index (Phi) is 6.78. The van der Waals surface area contributed by atoms with E-state index < -0.39 is 0 Å². The molecule has 1 aromatic rings. The van der Waals surface area contributed by atoms with Crippen molar-refractivity contribution >= 4 is 17.7 Å². The molecule has 1 heterocycles. The lowest BCUT2D eigenvalue weighted by atomic mass is 9.93. The molecule has 2 aliphatic carbocycles. The first-order valence-corrected chi connectivity index (χ1v) is 10.2. The van der Waals surface area contributed by atoms with Gasteiger partial charge in [0.1, 0.15) is 6.10 Å². The SMILES string of the molecule is COc1cncc(OC2CCC(NC(=O)CSC3CCCC3)CC2)n1. The molecule has 2 saturated carbocycles. The zero-order valence-electron chi connectivity index (χ0n) is 14.8. The van der Waals surface area contributed by atoms with Crippen molar-refractivity contribution in [2.75, 3.05) is 12.9 Å². The third-order valence-electron chi connectivity index (χ3n) is 4.88. The highest BCUT2D eigenvalue weighted by Crippen LogP contribution is 2.29. The molecule has 6 nitrogen and oxygen atoms in total. The molecule has 25 heavy (non-hydrogen) atoms. The Morgan fingerprint density at radius 3 is 2.60 bits per heavy atom. The minimum atomic E-state index is 0.127. The molecule has 2 aliphatic rings. The number of thioether (sulfide) groups is 1. The van der Waals surface area contributed by atoms with Gasteiger partial charge in [-0.2, -0.15) is 4.98 Å². The number of carbonyl (C=O) groups excluding carboxylic acids is 1. The minimum Gasteiger partial charge on any atom is -0.480 e. The zero-order valence-corrected chi connectivity index (χ0v) is 15.6. The van der Waals surface area contributed by atoms with Gasteiger partial charge in [-0.1, -0.05) is 12.8 Å². The smallest absolute Gasteiger partial charge is 0.235 e. The number of hydrogen-bond acceptors (Lipinski definition) is 6. The lowest BCUT2D eigenvalue weighted by Crippen LogP contribution is -2.40. The molecule has 2 fully saturated rings. The van der Waals surface area contributed by atoms with Crippen molar-refractivity contribution < 1.29 is 14.3 Å². The Morgan fingerprint density at radius 1 is 1.16 bits per heavy atom. The quantitative estimate of drug-likeness (QED) is 0.801. The van der Waals surface area contributed by atoms with Crippen LogP contribution in [0.25, 0.3) is 0 Å². The fraction of sp³-hybridized carbons (Fsp3) is 0.722. The number of nitrogens with zero attached hydrogens (tertiary/aromatic N) is 2. The maximum absolute atomic E-state index is 12.1. The van der Waals surface area contributed by atoms with Gasteiger partial charge < -0.3 is 14.8 Å². The molecule has 0 aliphatic heterocycles. The van der Waals surface area contributed by atoms with Gasteiger partial charge in [0, 0.05) is 11.3 Å². The van der Waals surface area contributed by atoms with Crippen molar-refractivity contribution in [1.29, 1.82) is 0 Å². The Hall–Kier alpha value is -1.50. The molecule has 1 amide bonds. The van der Waals surface area contributed by atoms with Crippen LogP contribution in [0.4, 0.5) is 0 Å². The Morgan fingerprint density at radius 2 is 1.88 bits per heavy atom. The van der Waals surface area contributed by atoms with Crippen molar-refractivity contribution in [2.45, 2.75) is 68.8 Å². The summed E-state index contributed by atoms with van der Waals surface area (Å²) in [5, 5.41) is 3.88. The van der Waals surface area contributed by atoms with E-state index in [0.717, 1.165) is 25.7 Å². The van der Waals surface area contributed by atoms with Crippen LogP contribution in [-0.2, 0) is 4.79 Å². The van der Waals surface area contributed by atoms with Crippen LogP contribution in [-0.4, -0.2) is 46.1 Å². The minimum absolute atomic E-state index is 0.127. The average molecular weight is 365 g/mol. The van der Waals surface area contributed by atoms with Gasteiger partial charge in [-0.05, 0) is 38.5 Å². The first kappa shape index (κ1) is 18.3. The highest BCUT2D eigenvalue weighted by atomic mass is 32.2. The van der Waals surface area contributed by atoms with Gasteiger partial charge >= 0.3 is 0 Å². The monoisotopic (exact) mass is 365 g/mol. The van der Waals surface area contributed by atoms with Crippen LogP contribution < -0.4 is 14.8 Å². The molecule has 1 N–H and O–H groups in total. The molecule has 1 aromatic heterocycles. The van der Waals surface area contributed by atoms with Crippen LogP contribution in [0, 0.1) is 0 Å². The van der Waals surface area contributed by atoms with Crippen molar-refractivity contribution in [3.63, 3.8) is 0 Å². The number of ether oxygens (including phenoxy) is 2. The summed E-state index contributed by atoms with van der Waals surface area (Å²) in [5.41, 5.74) is 0. The van der Waals surface area contributed by atoms with Gasteiger partial charge in [0.25, 0.3) is 0 Å². The third kappa shape index (κ3) is 5.76. The van der Waals surface area contributed by atoms with Crippen molar-refractivity contribution in [2.24, 2.45) is 0 Å². The van der Waals surface area contributed by atoms with E-state index in [1.165, 1.54) is 25.7 Å². The number of methoxy groups -OCH3 is 1. The van der Waals surface area contributed by atoms with Gasteiger partial charge in [0.15, 0.2) is 0 Å². The molecule has 7 heteroatoms. The molecular weight excluding hydrogens is 338 g/mol. The summed E-state index contributed by atoms with van der Waals surface area (Å²) in [4.78, 5) is 20.4. The molecule has 0 atom stereocenters. The van der Waals surface area contributed by atoms with E-state index in [0.29, 0.717) is 22.8 Å². The highest BCUT2D eigenvalue weighted by molar-refractivity contribution is 8.00. The van der Waals surface area contributed by atoms with E-state index in [-0.39, 0.29) is 18.1 Å². The van der Waals surface area contributed by atoms with Gasteiger partial charge in [-0.25, -0.2) is 0 Å². The van der Waals surface area contributed by atoms with Crippen molar-refractivity contribution in [3.8, 4) is 11.8 Å². The van der Waals surface area contributed by atoms with Crippen LogP contribution in [0.5, 0.6) is 11.8 Å². The number of carbonyl (C=O) groups is 1. The largest absolute Gasteiger partial charge is 0.480 e. The summed E-state index contributed by atoms with van der Waals surface area (Å²) in [6.07, 6.45) is 12.2. The summed E-state index contributed by atoms with van der Waals surface area (Å²) >= 11 is 1.82. The van der Waals surface area contributed by atoms with Crippen LogP contribution in [0.15, 0.2) is 12.4 Å². The van der Waals surface area contributed by atoms with Crippen molar-refractivity contribution in [3.05, 3.63) is 12.4 Å². The fourth-order valence-electron chi connectivity index (χ4n) is 3.50. The van der Waals surface area contributed by atoms with E-state index >= 15 is 0 Å². The number of aromatic nitrogens is 2. The van der Waals surface area contributed by atoms with Crippen LogP contribution in [0.3, 0.4) is 0 Å². The summed E-state index contributed by atoms with van der Waals surface area (Å²) in [6, 6.07) is 0.271. The second kappa shape index (κ2) is 9.27. The predicted molar refractivity (Wildman–Crippen MR) is 98.1 cm³/mol. The first-order chi connectivity index (χ1) is 12.2. The second-order valence-electron chi connectivity index (χ2n) is 6.78. The number of nitrogens with one attached hydrogen (secondary N) is 1. The molecule has 0 spiro atoms. The third-order valence-corrected chi connectivity index (χ3v) is 6.25. The summed E-state index contributed by atoms with van der Waals surface area (Å²) in [7, 11) is 1.56. The molecule has 0 aromatic carbocycles. The van der Waals surface area contributed by atoms with E-state index in [1.807, 2.05) is 11.8 Å². The van der Waals surface area contributed by atoms with Crippen LogP contribution in [0.2, 0.25) is 0 Å². The Balaban J connectivity index is 1.35. The summed E-state index contributed by atoms with van der Waals surface area (Å²) < 4.78 is 11.0. The highest BCUT2D eigenvalue weighted by Gasteiger charge is 2.24. The number of hydrogen-bond donors (Lipinski definition) is 1. The van der Waals surface area contributed by atoms with Gasteiger partial charge in [-0.3, -0.25) is 9.78 Å². The Bertz CT molecular complexity index is 558. The molecule has 0 unspecified atom stereocenters. The molecule has 0 saturated heterocycles. The number of amides is 1. The first-order valence-electron chi connectivity index (χ1n) is 9.16. The molecule has 0 radical (unpaired) electrons. The maximum Gasteiger partial charge on any atom is 0.235 e. The zero-order chi connectivity index (χ0) is 17.5. The maximum atomic E-state index is 12.1. The van der Waals surface area contributed by atoms with E-state index in [4.69, 9.17) is 9.47 Å². The normalized spacial score (nSPS) is 24.0. The van der Waals surface area contributed by atoms with E-state index in [1.54, 1.807) is 19.5 Å². The van der Waals surface area contributed by atoms with E-state index in [9.17, 15) is 4.79 Å². The lowest BCUT2D eigenvalue weighted by molar-refractivity contribution is -0.119. The number of rotatable bonds is 7. The van der Waals surface area contributed by atoms with Gasteiger partial charge in [-0.15, -0.1) is 11.8 Å². The Labute approximate surface area is 153 Å². The van der Waals surface area contributed by atoms with Crippen LogP contribution >= 0.6 is 11.8 Å².